The largest absolute Gasteiger partial charge is 0.399 e. The van der Waals surface area contributed by atoms with Crippen molar-refractivity contribution in [1.29, 1.82) is 0 Å². The molecule has 0 saturated carbocycles. The third-order valence-electron chi connectivity index (χ3n) is 3.31. The number of hydrogen-bond acceptors (Lipinski definition) is 2. The molecule has 2 nitrogen and oxygen atoms in total. The first kappa shape index (κ1) is 14.2. The normalized spacial score (nSPS) is 10.8. The Hall–Kier alpha value is -2.17. The second kappa shape index (κ2) is 5.86. The average Bonchev–Trinajstić information content (AvgIpc) is 2.47. The molecule has 0 amide bonds. The third-order valence-corrected chi connectivity index (χ3v) is 3.31. The summed E-state index contributed by atoms with van der Waals surface area (Å²) in [6.07, 6.45) is 0. The Morgan fingerprint density at radius 3 is 1.90 bits per heavy atom. The lowest BCUT2D eigenvalue weighted by atomic mass is 9.92. The fourth-order valence-corrected chi connectivity index (χ4v) is 2.19. The molecule has 4 N–H and O–H groups in total. The average molecular weight is 280 g/mol. The van der Waals surface area contributed by atoms with E-state index in [1.807, 2.05) is 0 Å². The van der Waals surface area contributed by atoms with Gasteiger partial charge in [0.2, 0.25) is 0 Å². The Bertz CT molecular complexity index is 610. The summed E-state index contributed by atoms with van der Waals surface area (Å²) in [6, 6.07) is 8.14. The van der Waals surface area contributed by atoms with E-state index in [1.165, 1.54) is 6.07 Å². The molecule has 0 bridgehead atoms. The van der Waals surface area contributed by atoms with Crippen LogP contribution in [0, 0.1) is 0 Å². The van der Waals surface area contributed by atoms with Crippen LogP contribution in [0.25, 0.3) is 11.1 Å². The van der Waals surface area contributed by atoms with Gasteiger partial charge in [-0.05, 0) is 34.9 Å². The molecule has 2 rings (SSSR count). The van der Waals surface area contributed by atoms with Crippen molar-refractivity contribution in [3.05, 3.63) is 47.0 Å². The van der Waals surface area contributed by atoms with Gasteiger partial charge in [0.25, 0.3) is 0 Å². The van der Waals surface area contributed by atoms with Gasteiger partial charge in [-0.25, -0.2) is 13.2 Å². The number of anilines is 2. The Kier molecular flexibility index (Phi) is 4.17. The Balaban J connectivity index is 2.70. The molecule has 0 spiro atoms. The van der Waals surface area contributed by atoms with E-state index in [9.17, 15) is 13.2 Å². The van der Waals surface area contributed by atoms with Crippen molar-refractivity contribution in [3.63, 3.8) is 0 Å². The predicted molar refractivity (Wildman–Crippen MR) is 75.1 cm³/mol. The number of benzene rings is 2. The van der Waals surface area contributed by atoms with Gasteiger partial charge in [-0.1, -0.05) is 12.1 Å². The highest BCUT2D eigenvalue weighted by molar-refractivity contribution is 5.75. The van der Waals surface area contributed by atoms with Gasteiger partial charge >= 0.3 is 0 Å². The molecule has 0 saturated heterocycles. The molecule has 2 aromatic rings. The van der Waals surface area contributed by atoms with Crippen LogP contribution in [-0.2, 0) is 20.0 Å². The highest BCUT2D eigenvalue weighted by Gasteiger charge is 2.17. The number of alkyl halides is 3. The molecule has 0 aliphatic rings. The summed E-state index contributed by atoms with van der Waals surface area (Å²) >= 11 is 0. The van der Waals surface area contributed by atoms with Gasteiger partial charge in [0.05, 0.1) is 0 Å². The topological polar surface area (TPSA) is 52.0 Å². The minimum Gasteiger partial charge on any atom is -0.399 e. The van der Waals surface area contributed by atoms with Gasteiger partial charge in [0.1, 0.15) is 20.0 Å². The van der Waals surface area contributed by atoms with E-state index in [0.717, 1.165) is 0 Å². The van der Waals surface area contributed by atoms with Crippen LogP contribution in [0.15, 0.2) is 30.3 Å². The number of hydrogen-bond donors (Lipinski definition) is 2. The first-order valence-corrected chi connectivity index (χ1v) is 6.09. The van der Waals surface area contributed by atoms with Crippen molar-refractivity contribution in [2.45, 2.75) is 20.0 Å². The van der Waals surface area contributed by atoms with Crippen molar-refractivity contribution in [2.75, 3.05) is 11.5 Å². The van der Waals surface area contributed by atoms with Crippen LogP contribution in [0.4, 0.5) is 24.5 Å². The second-order valence-electron chi connectivity index (χ2n) is 4.48. The molecule has 0 unspecified atom stereocenters. The zero-order chi connectivity index (χ0) is 14.7. The molecule has 0 heterocycles. The van der Waals surface area contributed by atoms with E-state index < -0.39 is 20.0 Å². The van der Waals surface area contributed by atoms with Gasteiger partial charge < -0.3 is 11.5 Å². The maximum Gasteiger partial charge on any atom is 0.117 e. The number of rotatable bonds is 4. The predicted octanol–water partition coefficient (Wildman–Crippen LogP) is 3.93. The lowest BCUT2D eigenvalue weighted by Crippen LogP contribution is -2.04. The van der Waals surface area contributed by atoms with Gasteiger partial charge in [0, 0.05) is 22.5 Å². The third kappa shape index (κ3) is 2.43. The molecule has 0 atom stereocenters. The van der Waals surface area contributed by atoms with Gasteiger partial charge in [-0.15, -0.1) is 0 Å². The summed E-state index contributed by atoms with van der Waals surface area (Å²) < 4.78 is 39.4. The minimum atomic E-state index is -0.930. The summed E-state index contributed by atoms with van der Waals surface area (Å²) in [5.41, 5.74) is 13.3. The number of nitrogens with two attached hydrogens (primary N) is 2. The van der Waals surface area contributed by atoms with E-state index in [1.54, 1.807) is 24.3 Å². The zero-order valence-electron chi connectivity index (χ0n) is 10.8. The van der Waals surface area contributed by atoms with Crippen LogP contribution in [0.5, 0.6) is 0 Å². The fourth-order valence-electron chi connectivity index (χ4n) is 2.19. The Labute approximate surface area is 115 Å². The van der Waals surface area contributed by atoms with E-state index in [2.05, 4.69) is 0 Å². The maximum absolute atomic E-state index is 13.3. The van der Waals surface area contributed by atoms with E-state index in [0.29, 0.717) is 16.8 Å². The zero-order valence-corrected chi connectivity index (χ0v) is 10.8. The molecule has 106 valence electrons. The monoisotopic (exact) mass is 280 g/mol. The highest BCUT2D eigenvalue weighted by atomic mass is 19.1. The molecule has 20 heavy (non-hydrogen) atoms. The lowest BCUT2D eigenvalue weighted by Gasteiger charge is -2.16. The summed E-state index contributed by atoms with van der Waals surface area (Å²) in [5.74, 6) is 0. The standard InChI is InChI=1S/C15H15F3N2/c16-6-10-5-12(9-1-3-11(19)4-2-9)13(7-17)14(8-18)15(10)20/h1-5H,6-8,19-20H2. The molecule has 5 heteroatoms. The first-order valence-electron chi connectivity index (χ1n) is 6.09. The Morgan fingerprint density at radius 2 is 1.40 bits per heavy atom. The van der Waals surface area contributed by atoms with Crippen molar-refractivity contribution in [1.82, 2.24) is 0 Å². The summed E-state index contributed by atoms with van der Waals surface area (Å²) in [4.78, 5) is 0. The quantitative estimate of drug-likeness (QED) is 0.834. The van der Waals surface area contributed by atoms with E-state index in [-0.39, 0.29) is 22.4 Å². The molecule has 0 aromatic heterocycles. The van der Waals surface area contributed by atoms with E-state index in [4.69, 9.17) is 11.5 Å². The molecule has 2 aromatic carbocycles. The van der Waals surface area contributed by atoms with E-state index >= 15 is 0 Å². The SMILES string of the molecule is Nc1ccc(-c2cc(CF)c(N)c(CF)c2CF)cc1. The van der Waals surface area contributed by atoms with Gasteiger partial charge in [-0.3, -0.25) is 0 Å². The van der Waals surface area contributed by atoms with Crippen LogP contribution in [0.2, 0.25) is 0 Å². The van der Waals surface area contributed by atoms with Crippen molar-refractivity contribution in [2.24, 2.45) is 0 Å². The van der Waals surface area contributed by atoms with Crippen LogP contribution < -0.4 is 11.5 Å². The van der Waals surface area contributed by atoms with Gasteiger partial charge in [-0.2, -0.15) is 0 Å². The molecular formula is C15H15F3N2. The lowest BCUT2D eigenvalue weighted by molar-refractivity contribution is 0.453. The number of nitrogen functional groups attached to an aromatic ring is 2. The van der Waals surface area contributed by atoms with Crippen LogP contribution >= 0.6 is 0 Å². The molecule has 0 fully saturated rings. The summed E-state index contributed by atoms with van der Waals surface area (Å²) in [7, 11) is 0. The van der Waals surface area contributed by atoms with Crippen LogP contribution in [0.3, 0.4) is 0 Å². The minimum absolute atomic E-state index is 0.0122. The Morgan fingerprint density at radius 1 is 0.800 bits per heavy atom. The summed E-state index contributed by atoms with van der Waals surface area (Å²) in [6.45, 7) is -2.62. The maximum atomic E-state index is 13.3. The first-order chi connectivity index (χ1) is 9.62. The molecule has 0 radical (unpaired) electrons. The van der Waals surface area contributed by atoms with Gasteiger partial charge in [0.15, 0.2) is 0 Å². The van der Waals surface area contributed by atoms with Crippen LogP contribution in [0.1, 0.15) is 16.7 Å². The second-order valence-corrected chi connectivity index (χ2v) is 4.48. The smallest absolute Gasteiger partial charge is 0.117 e. The molecular weight excluding hydrogens is 265 g/mol. The van der Waals surface area contributed by atoms with Crippen molar-refractivity contribution >= 4 is 11.4 Å². The fraction of sp³-hybridized carbons (Fsp3) is 0.200. The van der Waals surface area contributed by atoms with Crippen molar-refractivity contribution < 1.29 is 13.2 Å². The highest BCUT2D eigenvalue weighted by Crippen LogP contribution is 2.34. The van der Waals surface area contributed by atoms with Crippen molar-refractivity contribution in [3.8, 4) is 11.1 Å². The number of halogens is 3. The molecule has 0 aliphatic carbocycles. The van der Waals surface area contributed by atoms with Crippen LogP contribution in [-0.4, -0.2) is 0 Å². The molecule has 0 aliphatic heterocycles. The summed E-state index contributed by atoms with van der Waals surface area (Å²) in [5, 5.41) is 0.